The van der Waals surface area contributed by atoms with E-state index in [1.807, 2.05) is 59.5 Å². The predicted molar refractivity (Wildman–Crippen MR) is 117 cm³/mol. The Bertz CT molecular complexity index is 944. The number of rotatable bonds is 8. The fourth-order valence-corrected chi connectivity index (χ4v) is 3.14. The van der Waals surface area contributed by atoms with Gasteiger partial charge in [0.1, 0.15) is 11.5 Å². The van der Waals surface area contributed by atoms with Crippen molar-refractivity contribution in [1.29, 1.82) is 0 Å². The summed E-state index contributed by atoms with van der Waals surface area (Å²) >= 11 is 5.70. The maximum absolute atomic E-state index is 5.70. The van der Waals surface area contributed by atoms with Crippen molar-refractivity contribution >= 4 is 23.0 Å². The van der Waals surface area contributed by atoms with Crippen molar-refractivity contribution in [2.24, 2.45) is 0 Å². The summed E-state index contributed by atoms with van der Waals surface area (Å²) in [5.74, 6) is 2.94. The second-order valence-electron chi connectivity index (χ2n) is 6.29. The van der Waals surface area contributed by atoms with Gasteiger partial charge in [0.2, 0.25) is 0 Å². The molecule has 0 fully saturated rings. The summed E-state index contributed by atoms with van der Waals surface area (Å²) in [5.41, 5.74) is 1.88. The molecule has 7 heteroatoms. The van der Waals surface area contributed by atoms with E-state index in [1.54, 1.807) is 27.6 Å². The van der Waals surface area contributed by atoms with E-state index in [2.05, 4.69) is 5.32 Å². The van der Waals surface area contributed by atoms with Crippen LogP contribution >= 0.6 is 12.2 Å². The van der Waals surface area contributed by atoms with Crippen LogP contribution in [-0.4, -0.2) is 31.3 Å². The van der Waals surface area contributed by atoms with E-state index in [9.17, 15) is 0 Å². The summed E-state index contributed by atoms with van der Waals surface area (Å²) in [6.45, 7) is 1.09. The first-order valence-corrected chi connectivity index (χ1v) is 9.47. The Labute approximate surface area is 176 Å². The molecule has 0 aliphatic rings. The quantitative estimate of drug-likeness (QED) is 0.538. The minimum atomic E-state index is 0.525. The highest BCUT2D eigenvalue weighted by Gasteiger charge is 2.15. The second kappa shape index (κ2) is 9.84. The standard InChI is InChI=1S/C22H24N2O4S/c1-25-18-7-4-6-17(13-18)23-22(29)24(15-19-8-5-11-28-19)14-16-9-10-20(26-2)21(12-16)27-3/h4-13H,14-15H2,1-3H3,(H,23,29). The molecule has 6 nitrogen and oxygen atoms in total. The van der Waals surface area contributed by atoms with E-state index in [-0.39, 0.29) is 0 Å². The molecule has 29 heavy (non-hydrogen) atoms. The van der Waals surface area contributed by atoms with Crippen LogP contribution in [0.15, 0.2) is 65.3 Å². The van der Waals surface area contributed by atoms with Gasteiger partial charge in [-0.1, -0.05) is 12.1 Å². The summed E-state index contributed by atoms with van der Waals surface area (Å²) in [7, 11) is 4.88. The minimum absolute atomic E-state index is 0.525. The number of hydrogen-bond acceptors (Lipinski definition) is 5. The highest BCUT2D eigenvalue weighted by molar-refractivity contribution is 7.80. The molecule has 1 heterocycles. The van der Waals surface area contributed by atoms with Crippen LogP contribution in [0.4, 0.5) is 5.69 Å². The molecular weight excluding hydrogens is 388 g/mol. The Kier molecular flexibility index (Phi) is 6.97. The lowest BCUT2D eigenvalue weighted by Crippen LogP contribution is -2.33. The molecule has 0 aliphatic carbocycles. The molecule has 152 valence electrons. The molecule has 0 radical (unpaired) electrons. The minimum Gasteiger partial charge on any atom is -0.497 e. The number of thiocarbonyl (C=S) groups is 1. The van der Waals surface area contributed by atoms with Gasteiger partial charge in [-0.25, -0.2) is 0 Å². The van der Waals surface area contributed by atoms with Crippen LogP contribution in [0.1, 0.15) is 11.3 Å². The molecule has 1 aromatic heterocycles. The van der Waals surface area contributed by atoms with Gasteiger partial charge in [-0.3, -0.25) is 0 Å². The Hall–Kier alpha value is -3.19. The predicted octanol–water partition coefficient (Wildman–Crippen LogP) is 4.70. The molecule has 0 atom stereocenters. The molecule has 0 saturated carbocycles. The zero-order chi connectivity index (χ0) is 20.6. The van der Waals surface area contributed by atoms with Gasteiger partial charge in [-0.15, -0.1) is 0 Å². The zero-order valence-corrected chi connectivity index (χ0v) is 17.5. The summed E-state index contributed by atoms with van der Waals surface area (Å²) in [6, 6.07) is 17.3. The van der Waals surface area contributed by atoms with Crippen LogP contribution in [0, 0.1) is 0 Å². The van der Waals surface area contributed by atoms with Gasteiger partial charge in [0.05, 0.1) is 34.1 Å². The number of hydrogen-bond donors (Lipinski definition) is 1. The Morgan fingerprint density at radius 2 is 1.76 bits per heavy atom. The number of benzene rings is 2. The summed E-state index contributed by atoms with van der Waals surface area (Å²) in [5, 5.41) is 3.85. The van der Waals surface area contributed by atoms with E-state index in [1.165, 1.54) is 0 Å². The molecule has 0 saturated heterocycles. The van der Waals surface area contributed by atoms with Gasteiger partial charge in [0.15, 0.2) is 16.6 Å². The number of methoxy groups -OCH3 is 3. The van der Waals surface area contributed by atoms with Crippen LogP contribution < -0.4 is 19.5 Å². The average Bonchev–Trinajstić information content (AvgIpc) is 3.26. The molecule has 0 spiro atoms. The third-order valence-electron chi connectivity index (χ3n) is 4.36. The molecule has 1 N–H and O–H groups in total. The van der Waals surface area contributed by atoms with Crippen LogP contribution in [0.3, 0.4) is 0 Å². The fraction of sp³-hybridized carbons (Fsp3) is 0.227. The molecule has 3 rings (SSSR count). The normalized spacial score (nSPS) is 10.3. The Balaban J connectivity index is 1.81. The first kappa shape index (κ1) is 20.5. The molecule has 0 aliphatic heterocycles. The Morgan fingerprint density at radius 1 is 0.931 bits per heavy atom. The van der Waals surface area contributed by atoms with Crippen molar-refractivity contribution in [3.8, 4) is 17.2 Å². The van der Waals surface area contributed by atoms with Crippen LogP contribution in [0.5, 0.6) is 17.2 Å². The van der Waals surface area contributed by atoms with Gasteiger partial charge >= 0.3 is 0 Å². The van der Waals surface area contributed by atoms with Gasteiger partial charge < -0.3 is 28.8 Å². The smallest absolute Gasteiger partial charge is 0.174 e. The van der Waals surface area contributed by atoms with E-state index >= 15 is 0 Å². The Morgan fingerprint density at radius 3 is 2.45 bits per heavy atom. The largest absolute Gasteiger partial charge is 0.497 e. The molecular formula is C22H24N2O4S. The molecule has 0 bridgehead atoms. The van der Waals surface area contributed by atoms with E-state index < -0.39 is 0 Å². The summed E-state index contributed by atoms with van der Waals surface area (Å²) in [4.78, 5) is 2.02. The van der Waals surface area contributed by atoms with Crippen molar-refractivity contribution in [2.45, 2.75) is 13.1 Å². The monoisotopic (exact) mass is 412 g/mol. The first-order valence-electron chi connectivity index (χ1n) is 9.06. The number of furan rings is 1. The third kappa shape index (κ3) is 5.42. The van der Waals surface area contributed by atoms with Crippen molar-refractivity contribution in [3.05, 3.63) is 72.2 Å². The number of nitrogens with zero attached hydrogens (tertiary/aromatic N) is 1. The maximum Gasteiger partial charge on any atom is 0.174 e. The lowest BCUT2D eigenvalue weighted by atomic mass is 10.2. The van der Waals surface area contributed by atoms with E-state index in [0.717, 1.165) is 22.8 Å². The van der Waals surface area contributed by atoms with Gasteiger partial charge in [-0.2, -0.15) is 0 Å². The van der Waals surface area contributed by atoms with Gasteiger partial charge in [0.25, 0.3) is 0 Å². The van der Waals surface area contributed by atoms with Crippen molar-refractivity contribution < 1.29 is 18.6 Å². The van der Waals surface area contributed by atoms with Crippen molar-refractivity contribution in [1.82, 2.24) is 4.90 Å². The third-order valence-corrected chi connectivity index (χ3v) is 4.72. The van der Waals surface area contributed by atoms with Crippen LogP contribution in [-0.2, 0) is 13.1 Å². The van der Waals surface area contributed by atoms with Crippen molar-refractivity contribution in [2.75, 3.05) is 26.6 Å². The molecule has 2 aromatic carbocycles. The first-order chi connectivity index (χ1) is 14.1. The highest BCUT2D eigenvalue weighted by atomic mass is 32.1. The van der Waals surface area contributed by atoms with Crippen molar-refractivity contribution in [3.63, 3.8) is 0 Å². The molecule has 0 amide bonds. The average molecular weight is 413 g/mol. The fourth-order valence-electron chi connectivity index (χ4n) is 2.89. The number of anilines is 1. The topological polar surface area (TPSA) is 56.1 Å². The highest BCUT2D eigenvalue weighted by Crippen LogP contribution is 2.28. The lowest BCUT2D eigenvalue weighted by molar-refractivity contribution is 0.348. The van der Waals surface area contributed by atoms with E-state index in [4.69, 9.17) is 30.8 Å². The SMILES string of the molecule is COc1cccc(NC(=S)N(Cc2ccc(OC)c(OC)c2)Cc2ccco2)c1. The summed E-state index contributed by atoms with van der Waals surface area (Å²) in [6.07, 6.45) is 1.66. The molecule has 0 unspecified atom stereocenters. The van der Waals surface area contributed by atoms with Crippen LogP contribution in [0.2, 0.25) is 0 Å². The maximum atomic E-state index is 5.70. The number of ether oxygens (including phenoxy) is 3. The van der Waals surface area contributed by atoms with Gasteiger partial charge in [0, 0.05) is 18.3 Å². The molecule has 3 aromatic rings. The summed E-state index contributed by atoms with van der Waals surface area (Å²) < 4.78 is 21.6. The lowest BCUT2D eigenvalue weighted by Gasteiger charge is -2.25. The number of nitrogens with one attached hydrogen (secondary N) is 1. The second-order valence-corrected chi connectivity index (χ2v) is 6.67. The zero-order valence-electron chi connectivity index (χ0n) is 16.7. The van der Waals surface area contributed by atoms with E-state index in [0.29, 0.717) is 29.7 Å². The van der Waals surface area contributed by atoms with Crippen LogP contribution in [0.25, 0.3) is 0 Å². The van der Waals surface area contributed by atoms with Gasteiger partial charge in [-0.05, 0) is 54.2 Å².